The third-order valence-electron chi connectivity index (χ3n) is 5.04. The van der Waals surface area contributed by atoms with Gasteiger partial charge in [0.1, 0.15) is 0 Å². The van der Waals surface area contributed by atoms with Gasteiger partial charge in [0.05, 0.1) is 5.56 Å². The lowest BCUT2D eigenvalue weighted by Gasteiger charge is -2.36. The average Bonchev–Trinajstić information content (AvgIpc) is 3.31. The molecule has 2 saturated carbocycles. The molecule has 21 heavy (non-hydrogen) atoms. The van der Waals surface area contributed by atoms with Crippen molar-refractivity contribution in [2.75, 3.05) is 0 Å². The highest BCUT2D eigenvalue weighted by molar-refractivity contribution is 5.87. The molecule has 0 amide bonds. The highest BCUT2D eigenvalue weighted by Crippen LogP contribution is 2.36. The molecule has 0 atom stereocenters. The Kier molecular flexibility index (Phi) is 4.29. The second-order valence-electron chi connectivity index (χ2n) is 6.82. The van der Waals surface area contributed by atoms with Gasteiger partial charge in [-0.05, 0) is 62.1 Å². The monoisotopic (exact) mass is 287 g/mol. The van der Waals surface area contributed by atoms with Gasteiger partial charge < -0.3 is 5.11 Å². The number of rotatable bonds is 5. The largest absolute Gasteiger partial charge is 0.478 e. The van der Waals surface area contributed by atoms with Gasteiger partial charge in [-0.15, -0.1) is 0 Å². The zero-order valence-corrected chi connectivity index (χ0v) is 12.8. The Hall–Kier alpha value is -1.35. The van der Waals surface area contributed by atoms with Crippen LogP contribution in [-0.2, 0) is 6.54 Å². The Bertz CT molecular complexity index is 484. The summed E-state index contributed by atoms with van der Waals surface area (Å²) in [5.74, 6) is 0.0408. The van der Waals surface area contributed by atoms with Gasteiger partial charge in [-0.3, -0.25) is 4.90 Å². The van der Waals surface area contributed by atoms with Gasteiger partial charge in [0, 0.05) is 18.6 Å². The van der Waals surface area contributed by atoms with Crippen molar-refractivity contribution in [1.82, 2.24) is 4.90 Å². The molecule has 2 aliphatic carbocycles. The number of carboxylic acid groups (broad SMARTS) is 1. The predicted molar refractivity (Wildman–Crippen MR) is 83.4 cm³/mol. The first kappa shape index (κ1) is 14.6. The van der Waals surface area contributed by atoms with Crippen LogP contribution in [0.25, 0.3) is 0 Å². The third-order valence-corrected chi connectivity index (χ3v) is 5.04. The predicted octanol–water partition coefficient (Wildman–Crippen LogP) is 3.93. The van der Waals surface area contributed by atoms with Crippen molar-refractivity contribution in [2.45, 2.75) is 64.1 Å². The lowest BCUT2D eigenvalue weighted by atomic mass is 9.86. The van der Waals surface area contributed by atoms with Crippen LogP contribution in [0.1, 0.15) is 61.4 Å². The van der Waals surface area contributed by atoms with Crippen molar-refractivity contribution >= 4 is 5.97 Å². The number of hydrogen-bond donors (Lipinski definition) is 1. The van der Waals surface area contributed by atoms with Crippen LogP contribution in [0.4, 0.5) is 0 Å². The maximum Gasteiger partial charge on any atom is 0.335 e. The van der Waals surface area contributed by atoms with Gasteiger partial charge in [-0.25, -0.2) is 4.79 Å². The second kappa shape index (κ2) is 6.18. The molecule has 0 bridgehead atoms. The first-order chi connectivity index (χ1) is 10.1. The summed E-state index contributed by atoms with van der Waals surface area (Å²) in [4.78, 5) is 13.6. The molecule has 1 aromatic rings. The van der Waals surface area contributed by atoms with Crippen LogP contribution >= 0.6 is 0 Å². The van der Waals surface area contributed by atoms with Crippen LogP contribution < -0.4 is 0 Å². The number of benzene rings is 1. The van der Waals surface area contributed by atoms with Crippen LogP contribution in [0.15, 0.2) is 24.3 Å². The molecule has 1 aromatic carbocycles. The number of nitrogens with zero attached hydrogens (tertiary/aromatic N) is 1. The summed E-state index contributed by atoms with van der Waals surface area (Å²) in [6, 6.07) is 8.90. The minimum absolute atomic E-state index is 0.378. The van der Waals surface area contributed by atoms with Gasteiger partial charge in [0.15, 0.2) is 0 Å². The van der Waals surface area contributed by atoms with E-state index < -0.39 is 5.97 Å². The Labute approximate surface area is 127 Å². The molecule has 2 aliphatic rings. The second-order valence-corrected chi connectivity index (χ2v) is 6.82. The third kappa shape index (κ3) is 3.65. The molecule has 0 heterocycles. The molecule has 0 spiro atoms. The van der Waals surface area contributed by atoms with Gasteiger partial charge in [-0.1, -0.05) is 19.1 Å². The average molecular weight is 287 g/mol. The summed E-state index contributed by atoms with van der Waals surface area (Å²) in [5, 5.41) is 8.97. The lowest BCUT2D eigenvalue weighted by molar-refractivity contribution is 0.0697. The molecular weight excluding hydrogens is 262 g/mol. The van der Waals surface area contributed by atoms with Crippen LogP contribution in [0.3, 0.4) is 0 Å². The fraction of sp³-hybridized carbons (Fsp3) is 0.611. The van der Waals surface area contributed by atoms with E-state index in [1.54, 1.807) is 12.1 Å². The summed E-state index contributed by atoms with van der Waals surface area (Å²) in [7, 11) is 0. The molecule has 1 N–H and O–H groups in total. The number of carbonyl (C=O) groups is 1. The molecule has 3 heteroatoms. The molecule has 0 unspecified atom stereocenters. The fourth-order valence-corrected chi connectivity index (χ4v) is 3.50. The van der Waals surface area contributed by atoms with Crippen molar-refractivity contribution in [3.8, 4) is 0 Å². The van der Waals surface area contributed by atoms with E-state index in [0.29, 0.717) is 5.56 Å². The summed E-state index contributed by atoms with van der Waals surface area (Å²) >= 11 is 0. The Morgan fingerprint density at radius 1 is 1.05 bits per heavy atom. The van der Waals surface area contributed by atoms with E-state index in [2.05, 4.69) is 11.8 Å². The molecule has 0 aromatic heterocycles. The van der Waals surface area contributed by atoms with Gasteiger partial charge >= 0.3 is 5.97 Å². The van der Waals surface area contributed by atoms with Gasteiger partial charge in [0.25, 0.3) is 0 Å². The molecule has 2 fully saturated rings. The van der Waals surface area contributed by atoms with Crippen molar-refractivity contribution in [3.63, 3.8) is 0 Å². The van der Waals surface area contributed by atoms with E-state index >= 15 is 0 Å². The van der Waals surface area contributed by atoms with Crippen LogP contribution in [0.2, 0.25) is 0 Å². The summed E-state index contributed by atoms with van der Waals surface area (Å²) < 4.78 is 0. The molecule has 0 radical (unpaired) electrons. The summed E-state index contributed by atoms with van der Waals surface area (Å²) in [5.41, 5.74) is 1.62. The topological polar surface area (TPSA) is 40.5 Å². The molecule has 114 valence electrons. The van der Waals surface area contributed by atoms with Gasteiger partial charge in [0.2, 0.25) is 0 Å². The van der Waals surface area contributed by atoms with Crippen molar-refractivity contribution < 1.29 is 9.90 Å². The molecule has 3 rings (SSSR count). The Morgan fingerprint density at radius 3 is 2.05 bits per heavy atom. The number of hydrogen-bond acceptors (Lipinski definition) is 2. The summed E-state index contributed by atoms with van der Waals surface area (Å²) in [6.45, 7) is 3.34. The number of aromatic carboxylic acids is 1. The van der Waals surface area contributed by atoms with Crippen LogP contribution in [-0.4, -0.2) is 28.1 Å². The SMILES string of the molecule is CC1CCC(N(Cc2ccc(C(=O)O)cc2)C2CC2)CC1. The van der Waals surface area contributed by atoms with E-state index in [1.807, 2.05) is 12.1 Å². The van der Waals surface area contributed by atoms with Crippen LogP contribution in [0, 0.1) is 5.92 Å². The quantitative estimate of drug-likeness (QED) is 0.892. The first-order valence-corrected chi connectivity index (χ1v) is 8.21. The fourth-order valence-electron chi connectivity index (χ4n) is 3.50. The molecule has 3 nitrogen and oxygen atoms in total. The first-order valence-electron chi connectivity index (χ1n) is 8.21. The Balaban J connectivity index is 1.66. The smallest absolute Gasteiger partial charge is 0.335 e. The zero-order chi connectivity index (χ0) is 14.8. The van der Waals surface area contributed by atoms with Gasteiger partial charge in [-0.2, -0.15) is 0 Å². The minimum Gasteiger partial charge on any atom is -0.478 e. The van der Waals surface area contributed by atoms with Crippen molar-refractivity contribution in [2.24, 2.45) is 5.92 Å². The normalized spacial score (nSPS) is 26.0. The highest BCUT2D eigenvalue weighted by Gasteiger charge is 2.35. The van der Waals surface area contributed by atoms with E-state index in [9.17, 15) is 4.79 Å². The maximum absolute atomic E-state index is 10.9. The lowest BCUT2D eigenvalue weighted by Crippen LogP contribution is -2.39. The zero-order valence-electron chi connectivity index (χ0n) is 12.8. The molecular formula is C18H25NO2. The Morgan fingerprint density at radius 2 is 1.57 bits per heavy atom. The van der Waals surface area contributed by atoms with Crippen molar-refractivity contribution in [1.29, 1.82) is 0 Å². The van der Waals surface area contributed by atoms with E-state index in [0.717, 1.165) is 24.5 Å². The van der Waals surface area contributed by atoms with E-state index in [-0.39, 0.29) is 0 Å². The minimum atomic E-state index is -0.845. The standard InChI is InChI=1S/C18H25NO2/c1-13-2-8-16(9-3-13)19(17-10-11-17)12-14-4-6-15(7-5-14)18(20)21/h4-7,13,16-17H,2-3,8-12H2,1H3,(H,20,21). The van der Waals surface area contributed by atoms with Crippen molar-refractivity contribution in [3.05, 3.63) is 35.4 Å². The molecule has 0 saturated heterocycles. The van der Waals surface area contributed by atoms with Crippen LogP contribution in [0.5, 0.6) is 0 Å². The van der Waals surface area contributed by atoms with E-state index in [1.165, 1.54) is 44.1 Å². The molecule has 0 aliphatic heterocycles. The maximum atomic E-state index is 10.9. The number of carboxylic acids is 1. The summed E-state index contributed by atoms with van der Waals surface area (Å²) in [6.07, 6.45) is 8.02. The highest BCUT2D eigenvalue weighted by atomic mass is 16.4. The van der Waals surface area contributed by atoms with E-state index in [4.69, 9.17) is 5.11 Å².